The maximum Gasteiger partial charge on any atom is 0.256 e. The summed E-state index contributed by atoms with van der Waals surface area (Å²) in [6, 6.07) is 4.88. The number of nitrogens with one attached hydrogen (secondary N) is 3. The van der Waals surface area contributed by atoms with Gasteiger partial charge in [0, 0.05) is 25.2 Å². The van der Waals surface area contributed by atoms with E-state index in [4.69, 9.17) is 0 Å². The average Bonchev–Trinajstić information content (AvgIpc) is 3.05. The molecule has 1 fully saturated rings. The van der Waals surface area contributed by atoms with Gasteiger partial charge in [-0.05, 0) is 38.1 Å². The third kappa shape index (κ3) is 3.27. The number of hydrogen-bond acceptors (Lipinski definition) is 6. The highest BCUT2D eigenvalue weighted by Gasteiger charge is 2.34. The Morgan fingerprint density at radius 1 is 1.22 bits per heavy atom. The van der Waals surface area contributed by atoms with Crippen LogP contribution in [0.1, 0.15) is 23.6 Å². The summed E-state index contributed by atoms with van der Waals surface area (Å²) in [5.74, 6) is 0.572. The van der Waals surface area contributed by atoms with E-state index < -0.39 is 10.0 Å². The van der Waals surface area contributed by atoms with Crippen LogP contribution in [0.4, 0.5) is 5.69 Å². The van der Waals surface area contributed by atoms with Crippen LogP contribution in [0.25, 0.3) is 11.6 Å². The van der Waals surface area contributed by atoms with Gasteiger partial charge < -0.3 is 10.6 Å². The van der Waals surface area contributed by atoms with Crippen molar-refractivity contribution in [2.45, 2.75) is 18.2 Å². The molecule has 27 heavy (non-hydrogen) atoms. The minimum Gasteiger partial charge on any atom is -0.321 e. The van der Waals surface area contributed by atoms with E-state index >= 15 is 0 Å². The first-order chi connectivity index (χ1) is 13.0. The van der Waals surface area contributed by atoms with Gasteiger partial charge >= 0.3 is 0 Å². The first-order valence-corrected chi connectivity index (χ1v) is 10.2. The quantitative estimate of drug-likeness (QED) is 0.662. The molecule has 2 aromatic rings. The monoisotopic (exact) mass is 388 g/mol. The molecular formula is C17H20N6O3S. The molecule has 10 heteroatoms. The van der Waals surface area contributed by atoms with Crippen LogP contribution in [0.15, 0.2) is 23.1 Å². The number of rotatable bonds is 3. The highest BCUT2D eigenvalue weighted by molar-refractivity contribution is 7.89. The molecule has 2 aliphatic rings. The Kier molecular flexibility index (Phi) is 4.54. The van der Waals surface area contributed by atoms with Gasteiger partial charge in [0.15, 0.2) is 5.82 Å². The van der Waals surface area contributed by atoms with E-state index in [9.17, 15) is 13.2 Å². The number of carbonyl (C=O) groups is 1. The third-order valence-corrected chi connectivity index (χ3v) is 6.53. The number of fused-ring (bicyclic) bond motifs is 1. The summed E-state index contributed by atoms with van der Waals surface area (Å²) in [5, 5.41) is 12.7. The van der Waals surface area contributed by atoms with Crippen molar-refractivity contribution in [3.05, 3.63) is 35.4 Å². The predicted octanol–water partition coefficient (Wildman–Crippen LogP) is 0.590. The molecule has 3 heterocycles. The zero-order valence-electron chi connectivity index (χ0n) is 14.8. The van der Waals surface area contributed by atoms with Crippen molar-refractivity contribution in [1.82, 2.24) is 24.8 Å². The van der Waals surface area contributed by atoms with Gasteiger partial charge in [-0.3, -0.25) is 9.89 Å². The molecule has 1 amide bonds. The van der Waals surface area contributed by atoms with Gasteiger partial charge in [0.2, 0.25) is 10.0 Å². The van der Waals surface area contributed by atoms with Crippen LogP contribution in [0.2, 0.25) is 0 Å². The molecule has 0 saturated carbocycles. The maximum atomic E-state index is 13.3. The van der Waals surface area contributed by atoms with Gasteiger partial charge in [0.25, 0.3) is 5.91 Å². The Morgan fingerprint density at radius 2 is 2.07 bits per heavy atom. The Bertz CT molecular complexity index is 1020. The first-order valence-electron chi connectivity index (χ1n) is 8.73. The molecule has 0 atom stereocenters. The first kappa shape index (κ1) is 17.8. The van der Waals surface area contributed by atoms with Crippen molar-refractivity contribution < 1.29 is 13.2 Å². The molecule has 4 rings (SSSR count). The van der Waals surface area contributed by atoms with Gasteiger partial charge in [-0.2, -0.15) is 9.40 Å². The van der Waals surface area contributed by atoms with Crippen molar-refractivity contribution in [2.75, 3.05) is 31.5 Å². The molecule has 0 radical (unpaired) electrons. The van der Waals surface area contributed by atoms with Crippen LogP contribution in [0.5, 0.6) is 0 Å². The molecule has 2 aliphatic heterocycles. The number of anilines is 1. The molecule has 1 aromatic heterocycles. The van der Waals surface area contributed by atoms with E-state index in [0.29, 0.717) is 42.5 Å². The Labute approximate surface area is 156 Å². The number of H-pyrrole nitrogens is 1. The topological polar surface area (TPSA) is 120 Å². The number of hydrogen-bond donors (Lipinski definition) is 3. The summed E-state index contributed by atoms with van der Waals surface area (Å²) in [7, 11) is -3.74. The van der Waals surface area contributed by atoms with E-state index in [1.807, 2.05) is 0 Å². The third-order valence-electron chi connectivity index (χ3n) is 4.59. The Morgan fingerprint density at radius 3 is 2.85 bits per heavy atom. The van der Waals surface area contributed by atoms with Crippen LogP contribution >= 0.6 is 0 Å². The number of aromatic amines is 1. The van der Waals surface area contributed by atoms with E-state index in [-0.39, 0.29) is 16.4 Å². The molecule has 1 aromatic carbocycles. The van der Waals surface area contributed by atoms with Gasteiger partial charge in [-0.25, -0.2) is 13.4 Å². The molecule has 0 bridgehead atoms. The summed E-state index contributed by atoms with van der Waals surface area (Å²) in [4.78, 5) is 16.8. The lowest BCUT2D eigenvalue weighted by Crippen LogP contribution is -2.34. The predicted molar refractivity (Wildman–Crippen MR) is 100 cm³/mol. The zero-order chi connectivity index (χ0) is 19.0. The smallest absolute Gasteiger partial charge is 0.256 e. The lowest BCUT2D eigenvalue weighted by molar-refractivity contribution is -0.110. The number of benzene rings is 1. The fourth-order valence-electron chi connectivity index (χ4n) is 3.32. The van der Waals surface area contributed by atoms with E-state index in [1.165, 1.54) is 10.4 Å². The van der Waals surface area contributed by atoms with Crippen molar-refractivity contribution in [1.29, 1.82) is 0 Å². The van der Waals surface area contributed by atoms with Gasteiger partial charge in [0.1, 0.15) is 5.82 Å². The summed E-state index contributed by atoms with van der Waals surface area (Å²) in [6.45, 7) is 3.98. The zero-order valence-corrected chi connectivity index (χ0v) is 15.6. The van der Waals surface area contributed by atoms with Crippen LogP contribution in [-0.4, -0.2) is 60.0 Å². The second kappa shape index (κ2) is 6.87. The van der Waals surface area contributed by atoms with Crippen molar-refractivity contribution >= 4 is 33.3 Å². The molecule has 142 valence electrons. The van der Waals surface area contributed by atoms with E-state index in [1.54, 1.807) is 25.1 Å². The van der Waals surface area contributed by atoms with Crippen LogP contribution < -0.4 is 10.6 Å². The van der Waals surface area contributed by atoms with Crippen LogP contribution in [0, 0.1) is 6.92 Å². The molecule has 0 spiro atoms. The lowest BCUT2D eigenvalue weighted by atomic mass is 10.1. The summed E-state index contributed by atoms with van der Waals surface area (Å²) in [5.41, 5.74) is 1.10. The number of carbonyl (C=O) groups excluding carboxylic acids is 1. The molecule has 0 unspecified atom stereocenters. The number of amides is 1. The number of aryl methyl sites for hydroxylation is 1. The molecule has 0 aliphatic carbocycles. The molecule has 1 saturated heterocycles. The SMILES string of the molecule is Cc1nc(C=C2C(=O)Nc3cccc(S(=O)(=O)N4CCCNCC4)c32)n[nH]1. The largest absolute Gasteiger partial charge is 0.321 e. The van der Waals surface area contributed by atoms with E-state index in [2.05, 4.69) is 25.8 Å². The lowest BCUT2D eigenvalue weighted by Gasteiger charge is -2.21. The van der Waals surface area contributed by atoms with Crippen LogP contribution in [-0.2, 0) is 14.8 Å². The summed E-state index contributed by atoms with van der Waals surface area (Å²) >= 11 is 0. The van der Waals surface area contributed by atoms with Gasteiger partial charge in [-0.15, -0.1) is 0 Å². The fourth-order valence-corrected chi connectivity index (χ4v) is 5.03. The Balaban J connectivity index is 1.82. The highest BCUT2D eigenvalue weighted by Crippen LogP contribution is 2.38. The van der Waals surface area contributed by atoms with Gasteiger partial charge in [0.05, 0.1) is 16.2 Å². The van der Waals surface area contributed by atoms with Crippen molar-refractivity contribution in [2.24, 2.45) is 0 Å². The second-order valence-electron chi connectivity index (χ2n) is 6.48. The van der Waals surface area contributed by atoms with Crippen LogP contribution in [0.3, 0.4) is 0 Å². The van der Waals surface area contributed by atoms with E-state index in [0.717, 1.165) is 13.0 Å². The molecule has 9 nitrogen and oxygen atoms in total. The number of aromatic nitrogens is 3. The minimum atomic E-state index is -3.74. The fraction of sp³-hybridized carbons (Fsp3) is 0.353. The standard InChI is InChI=1S/C17H20N6O3S/c1-11-19-15(22-21-11)10-12-16-13(20-17(12)24)4-2-5-14(16)27(25,26)23-8-3-6-18-7-9-23/h2,4-5,10,18H,3,6-9H2,1H3,(H,20,24)(H,19,21,22). The normalized spacial score (nSPS) is 19.7. The molecule has 3 N–H and O–H groups in total. The van der Waals surface area contributed by atoms with Crippen molar-refractivity contribution in [3.8, 4) is 0 Å². The second-order valence-corrected chi connectivity index (χ2v) is 8.38. The number of sulfonamides is 1. The molecular weight excluding hydrogens is 368 g/mol. The average molecular weight is 388 g/mol. The summed E-state index contributed by atoms with van der Waals surface area (Å²) < 4.78 is 28.1. The highest BCUT2D eigenvalue weighted by atomic mass is 32.2. The number of nitrogens with zero attached hydrogens (tertiary/aromatic N) is 3. The van der Waals surface area contributed by atoms with Gasteiger partial charge in [-0.1, -0.05) is 6.07 Å². The van der Waals surface area contributed by atoms with Crippen molar-refractivity contribution in [3.63, 3.8) is 0 Å². The Hall–Kier alpha value is -2.56. The minimum absolute atomic E-state index is 0.124. The maximum absolute atomic E-state index is 13.3. The summed E-state index contributed by atoms with van der Waals surface area (Å²) in [6.07, 6.45) is 2.25.